The molecule has 2 saturated carbocycles. The van der Waals surface area contributed by atoms with Crippen molar-refractivity contribution in [3.05, 3.63) is 24.3 Å². The quantitative estimate of drug-likeness (QED) is 0.489. The lowest BCUT2D eigenvalue weighted by atomic mass is 9.46. The van der Waals surface area contributed by atoms with E-state index in [4.69, 9.17) is 14.6 Å². The first-order valence-electron chi connectivity index (χ1n) is 10.9. The van der Waals surface area contributed by atoms with Gasteiger partial charge < -0.3 is 14.6 Å². The number of carboxylic acids is 1. The number of rotatable bonds is 7. The summed E-state index contributed by atoms with van der Waals surface area (Å²) in [5.74, 6) is -0.431. The van der Waals surface area contributed by atoms with E-state index >= 15 is 0 Å². The molecule has 162 valence electrons. The maximum absolute atomic E-state index is 12.0. The summed E-state index contributed by atoms with van der Waals surface area (Å²) in [6, 6.07) is 0. The van der Waals surface area contributed by atoms with Crippen molar-refractivity contribution in [2.75, 3.05) is 19.8 Å². The van der Waals surface area contributed by atoms with Crippen molar-refractivity contribution in [3.8, 4) is 0 Å². The number of carbonyl (C=O) groups excluding carboxylic acids is 1. The van der Waals surface area contributed by atoms with Crippen molar-refractivity contribution in [3.63, 3.8) is 0 Å². The summed E-state index contributed by atoms with van der Waals surface area (Å²) < 4.78 is 10.4. The third-order valence-corrected chi connectivity index (χ3v) is 7.96. The molecule has 3 rings (SSSR count). The summed E-state index contributed by atoms with van der Waals surface area (Å²) in [7, 11) is 0. The molecule has 1 N–H and O–H groups in total. The van der Waals surface area contributed by atoms with Crippen LogP contribution in [0.3, 0.4) is 0 Å². The number of carboxylic acid groups (broad SMARTS) is 1. The van der Waals surface area contributed by atoms with Crippen molar-refractivity contribution in [2.45, 2.75) is 65.7 Å². The fraction of sp³-hybridized carbons (Fsp3) is 0.750. The second kappa shape index (κ2) is 8.25. The number of fused-ring (bicyclic) bond motifs is 3. The molecule has 0 aromatic rings. The Hall–Kier alpha value is -1.62. The van der Waals surface area contributed by atoms with Crippen LogP contribution in [0.5, 0.6) is 0 Å². The van der Waals surface area contributed by atoms with Gasteiger partial charge in [-0.05, 0) is 61.2 Å². The van der Waals surface area contributed by atoms with Crippen LogP contribution < -0.4 is 0 Å². The predicted molar refractivity (Wildman–Crippen MR) is 111 cm³/mol. The molecule has 29 heavy (non-hydrogen) atoms. The number of hydrogen-bond acceptors (Lipinski definition) is 4. The molecule has 5 heteroatoms. The normalized spacial score (nSPS) is 38.9. The van der Waals surface area contributed by atoms with E-state index in [0.717, 1.165) is 25.7 Å². The summed E-state index contributed by atoms with van der Waals surface area (Å²) in [5.41, 5.74) is 1.96. The van der Waals surface area contributed by atoms with Crippen LogP contribution in [0.1, 0.15) is 65.7 Å². The van der Waals surface area contributed by atoms with E-state index in [1.165, 1.54) is 19.3 Å². The van der Waals surface area contributed by atoms with E-state index in [0.29, 0.717) is 18.4 Å². The van der Waals surface area contributed by atoms with E-state index < -0.39 is 18.5 Å². The van der Waals surface area contributed by atoms with Crippen molar-refractivity contribution in [2.24, 2.45) is 28.1 Å². The lowest BCUT2D eigenvalue weighted by molar-refractivity contribution is -0.159. The van der Waals surface area contributed by atoms with E-state index in [1.807, 2.05) is 0 Å². The summed E-state index contributed by atoms with van der Waals surface area (Å²) in [6.45, 7) is 10.7. The Morgan fingerprint density at radius 3 is 2.69 bits per heavy atom. The molecule has 2 fully saturated rings. The zero-order valence-electron chi connectivity index (χ0n) is 18.2. The van der Waals surface area contributed by atoms with Crippen LogP contribution in [0.4, 0.5) is 0 Å². The molecule has 0 unspecified atom stereocenters. The van der Waals surface area contributed by atoms with Crippen LogP contribution in [-0.2, 0) is 19.1 Å². The highest BCUT2D eigenvalue weighted by atomic mass is 16.6. The smallest absolute Gasteiger partial charge is 0.332 e. The lowest BCUT2D eigenvalue weighted by Crippen LogP contribution is -2.51. The second-order valence-electron chi connectivity index (χ2n) is 10.2. The third kappa shape index (κ3) is 4.45. The summed E-state index contributed by atoms with van der Waals surface area (Å²) in [5, 5.41) is 8.61. The van der Waals surface area contributed by atoms with Crippen LogP contribution >= 0.6 is 0 Å². The number of hydrogen-bond donors (Lipinski definition) is 1. The van der Waals surface area contributed by atoms with Crippen molar-refractivity contribution < 1.29 is 24.2 Å². The highest BCUT2D eigenvalue weighted by molar-refractivity contribution is 5.72. The van der Waals surface area contributed by atoms with Gasteiger partial charge in [-0.1, -0.05) is 44.9 Å². The van der Waals surface area contributed by atoms with Gasteiger partial charge in [-0.25, -0.2) is 9.59 Å². The van der Waals surface area contributed by atoms with Gasteiger partial charge in [0.05, 0.1) is 6.61 Å². The van der Waals surface area contributed by atoms with Crippen LogP contribution in [0.15, 0.2) is 24.3 Å². The maximum Gasteiger partial charge on any atom is 0.332 e. The monoisotopic (exact) mass is 404 g/mol. The molecule has 5 nitrogen and oxygen atoms in total. The molecule has 3 aliphatic carbocycles. The fourth-order valence-electron chi connectivity index (χ4n) is 6.43. The Bertz CT molecular complexity index is 697. The van der Waals surface area contributed by atoms with E-state index in [9.17, 15) is 9.59 Å². The maximum atomic E-state index is 12.0. The molecule has 0 spiro atoms. The molecular weight excluding hydrogens is 368 g/mol. The van der Waals surface area contributed by atoms with Crippen molar-refractivity contribution in [1.82, 2.24) is 0 Å². The predicted octanol–water partition coefficient (Wildman–Crippen LogP) is 4.77. The van der Waals surface area contributed by atoms with Gasteiger partial charge >= 0.3 is 11.9 Å². The van der Waals surface area contributed by atoms with Gasteiger partial charge in [0.25, 0.3) is 0 Å². The van der Waals surface area contributed by atoms with Gasteiger partial charge in [0, 0.05) is 5.41 Å². The lowest BCUT2D eigenvalue weighted by Gasteiger charge is -2.59. The van der Waals surface area contributed by atoms with Gasteiger partial charge in [-0.3, -0.25) is 0 Å². The Morgan fingerprint density at radius 2 is 2.00 bits per heavy atom. The average molecular weight is 405 g/mol. The van der Waals surface area contributed by atoms with Crippen LogP contribution in [-0.4, -0.2) is 36.9 Å². The largest absolute Gasteiger partial charge is 0.480 e. The molecular formula is C24H36O5. The Labute approximate surface area is 174 Å². The number of allylic oxidation sites excluding steroid dienone is 3. The fourth-order valence-corrected chi connectivity index (χ4v) is 6.43. The summed E-state index contributed by atoms with van der Waals surface area (Å²) in [4.78, 5) is 22.5. The zero-order chi connectivity index (χ0) is 21.3. The van der Waals surface area contributed by atoms with Gasteiger partial charge in [0.2, 0.25) is 0 Å². The van der Waals surface area contributed by atoms with Crippen molar-refractivity contribution >= 4 is 11.9 Å². The molecule has 0 amide bonds. The van der Waals surface area contributed by atoms with Crippen LogP contribution in [0.2, 0.25) is 0 Å². The highest BCUT2D eigenvalue weighted by Crippen LogP contribution is 2.63. The van der Waals surface area contributed by atoms with Gasteiger partial charge in [-0.15, -0.1) is 6.58 Å². The average Bonchev–Trinajstić information content (AvgIpc) is 2.66. The minimum Gasteiger partial charge on any atom is -0.480 e. The molecule has 3 aliphatic rings. The first-order chi connectivity index (χ1) is 13.6. The Balaban J connectivity index is 1.69. The van der Waals surface area contributed by atoms with Gasteiger partial charge in [-0.2, -0.15) is 0 Å². The molecule has 0 saturated heterocycles. The van der Waals surface area contributed by atoms with Gasteiger partial charge in [0.15, 0.2) is 0 Å². The number of aliphatic carboxylic acids is 1. The third-order valence-electron chi connectivity index (χ3n) is 7.96. The Morgan fingerprint density at radius 1 is 1.24 bits per heavy atom. The minimum absolute atomic E-state index is 0.0551. The molecule has 0 aromatic carbocycles. The standard InChI is InChI=1S/C24H36O5/c1-5-22(2)12-9-18-17(13-22)7-8-19-23(3,10-6-11-24(18,19)4)16-29-21(27)15-28-14-20(25)26/h5,9,17,19H,1,6-8,10-16H2,2-4H3,(H,25,26)/t17-,19+,22-,23-,24-/m0/s1. The molecule has 0 bridgehead atoms. The zero-order valence-corrected chi connectivity index (χ0v) is 18.2. The Kier molecular flexibility index (Phi) is 6.28. The van der Waals surface area contributed by atoms with E-state index in [1.54, 1.807) is 5.57 Å². The SMILES string of the molecule is C=C[C@@]1(C)CC=C2[C@@H](CC[C@@H]3[C@](C)(COC(=O)COCC(=O)O)CCC[C@@]23C)C1. The number of ether oxygens (including phenoxy) is 2. The second-order valence-corrected chi connectivity index (χ2v) is 10.2. The van der Waals surface area contributed by atoms with E-state index in [2.05, 4.69) is 39.5 Å². The number of carbonyl (C=O) groups is 2. The van der Waals surface area contributed by atoms with Crippen molar-refractivity contribution in [1.29, 1.82) is 0 Å². The molecule has 0 aliphatic heterocycles. The molecule has 0 radical (unpaired) electrons. The first kappa shape index (κ1) is 22.1. The van der Waals surface area contributed by atoms with Crippen LogP contribution in [0, 0.1) is 28.1 Å². The topological polar surface area (TPSA) is 72.8 Å². The first-order valence-corrected chi connectivity index (χ1v) is 10.9. The van der Waals surface area contributed by atoms with Crippen LogP contribution in [0.25, 0.3) is 0 Å². The highest BCUT2D eigenvalue weighted by Gasteiger charge is 2.55. The molecule has 0 aromatic heterocycles. The summed E-state index contributed by atoms with van der Waals surface area (Å²) in [6.07, 6.45) is 12.6. The molecule has 0 heterocycles. The van der Waals surface area contributed by atoms with E-state index in [-0.39, 0.29) is 22.9 Å². The van der Waals surface area contributed by atoms with Gasteiger partial charge in [0.1, 0.15) is 13.2 Å². The minimum atomic E-state index is -1.09. The molecule has 5 atom stereocenters. The summed E-state index contributed by atoms with van der Waals surface area (Å²) >= 11 is 0. The number of esters is 1.